The predicted molar refractivity (Wildman–Crippen MR) is 82.8 cm³/mol. The largest absolute Gasteiger partial charge is 0.299 e. The van der Waals surface area contributed by atoms with Crippen LogP contribution in [-0.4, -0.2) is 11.6 Å². The molecule has 110 valence electrons. The lowest BCUT2D eigenvalue weighted by Crippen LogP contribution is -2.08. The summed E-state index contributed by atoms with van der Waals surface area (Å²) >= 11 is 0. The molecule has 0 amide bonds. The second kappa shape index (κ2) is 7.98. The second-order valence-electron chi connectivity index (χ2n) is 6.06. The number of hydrogen-bond acceptors (Lipinski definition) is 2. The zero-order valence-electron chi connectivity index (χ0n) is 13.1. The SMILES string of the molecule is CC(C)C(=O)CCc1ccc(CCC(=O)C(C)C)cc1. The van der Waals surface area contributed by atoms with Gasteiger partial charge in [0.1, 0.15) is 11.6 Å². The van der Waals surface area contributed by atoms with Gasteiger partial charge in [0.05, 0.1) is 0 Å². The van der Waals surface area contributed by atoms with E-state index in [1.54, 1.807) is 0 Å². The van der Waals surface area contributed by atoms with Gasteiger partial charge in [-0.2, -0.15) is 0 Å². The molecule has 0 atom stereocenters. The second-order valence-corrected chi connectivity index (χ2v) is 6.06. The summed E-state index contributed by atoms with van der Waals surface area (Å²) in [5.74, 6) is 0.876. The molecule has 20 heavy (non-hydrogen) atoms. The molecule has 0 aliphatic rings. The Balaban J connectivity index is 2.44. The fourth-order valence-corrected chi connectivity index (χ4v) is 1.99. The van der Waals surface area contributed by atoms with E-state index in [9.17, 15) is 9.59 Å². The number of benzene rings is 1. The Kier molecular flexibility index (Phi) is 6.63. The fourth-order valence-electron chi connectivity index (χ4n) is 1.99. The number of ketones is 2. The van der Waals surface area contributed by atoms with Gasteiger partial charge in [-0.25, -0.2) is 0 Å². The topological polar surface area (TPSA) is 34.1 Å². The molecule has 0 heterocycles. The molecule has 0 aliphatic carbocycles. The van der Waals surface area contributed by atoms with Crippen molar-refractivity contribution in [2.75, 3.05) is 0 Å². The number of aryl methyl sites for hydroxylation is 2. The molecule has 1 rings (SSSR count). The van der Waals surface area contributed by atoms with Gasteiger partial charge in [0, 0.05) is 24.7 Å². The first-order chi connectivity index (χ1) is 9.40. The Labute approximate surface area is 122 Å². The van der Waals surface area contributed by atoms with Gasteiger partial charge in [0.2, 0.25) is 0 Å². The van der Waals surface area contributed by atoms with Crippen molar-refractivity contribution in [2.24, 2.45) is 11.8 Å². The number of Topliss-reactive ketones (excluding diaryl/α,β-unsaturated/α-hetero) is 2. The molecule has 0 N–H and O–H groups in total. The molecule has 2 nitrogen and oxygen atoms in total. The van der Waals surface area contributed by atoms with Gasteiger partial charge in [0.15, 0.2) is 0 Å². The van der Waals surface area contributed by atoms with E-state index in [1.165, 1.54) is 11.1 Å². The summed E-state index contributed by atoms with van der Waals surface area (Å²) < 4.78 is 0. The van der Waals surface area contributed by atoms with Crippen LogP contribution in [0.25, 0.3) is 0 Å². The molecule has 0 aromatic heterocycles. The van der Waals surface area contributed by atoms with E-state index >= 15 is 0 Å². The van der Waals surface area contributed by atoms with Crippen molar-refractivity contribution in [1.29, 1.82) is 0 Å². The maximum Gasteiger partial charge on any atom is 0.135 e. The van der Waals surface area contributed by atoms with E-state index < -0.39 is 0 Å². The Bertz CT molecular complexity index is 398. The highest BCUT2D eigenvalue weighted by molar-refractivity contribution is 5.80. The summed E-state index contributed by atoms with van der Waals surface area (Å²) in [4.78, 5) is 23.2. The summed E-state index contributed by atoms with van der Waals surface area (Å²) in [7, 11) is 0. The molecule has 0 fully saturated rings. The summed E-state index contributed by atoms with van der Waals surface area (Å²) in [6.45, 7) is 7.77. The van der Waals surface area contributed by atoms with Crippen molar-refractivity contribution in [3.63, 3.8) is 0 Å². The molecule has 1 aromatic carbocycles. The normalized spacial score (nSPS) is 11.1. The summed E-state index contributed by atoms with van der Waals surface area (Å²) in [5, 5.41) is 0. The molecular formula is C18H26O2. The van der Waals surface area contributed by atoms with E-state index in [0.717, 1.165) is 12.8 Å². The molecule has 0 saturated carbocycles. The standard InChI is InChI=1S/C18H26O2/c1-13(2)17(19)11-9-15-5-7-16(8-6-15)10-12-18(20)14(3)4/h5-8,13-14H,9-12H2,1-4H3. The van der Waals surface area contributed by atoms with Gasteiger partial charge < -0.3 is 0 Å². The van der Waals surface area contributed by atoms with Crippen molar-refractivity contribution < 1.29 is 9.59 Å². The van der Waals surface area contributed by atoms with Crippen LogP contribution < -0.4 is 0 Å². The van der Waals surface area contributed by atoms with Crippen LogP contribution in [-0.2, 0) is 22.4 Å². The van der Waals surface area contributed by atoms with Crippen LogP contribution >= 0.6 is 0 Å². The van der Waals surface area contributed by atoms with Crippen molar-refractivity contribution in [3.8, 4) is 0 Å². The van der Waals surface area contributed by atoms with Crippen molar-refractivity contribution >= 4 is 11.6 Å². The number of carbonyl (C=O) groups excluding carboxylic acids is 2. The number of rotatable bonds is 8. The number of hydrogen-bond donors (Lipinski definition) is 0. The van der Waals surface area contributed by atoms with Crippen molar-refractivity contribution in [1.82, 2.24) is 0 Å². The third kappa shape index (κ3) is 5.68. The van der Waals surface area contributed by atoms with Crippen molar-refractivity contribution in [2.45, 2.75) is 53.4 Å². The third-order valence-corrected chi connectivity index (χ3v) is 3.63. The molecule has 0 bridgehead atoms. The number of carbonyl (C=O) groups is 2. The molecular weight excluding hydrogens is 248 g/mol. The Morgan fingerprint density at radius 2 is 1.05 bits per heavy atom. The molecule has 1 aromatic rings. The van der Waals surface area contributed by atoms with Gasteiger partial charge >= 0.3 is 0 Å². The van der Waals surface area contributed by atoms with Crippen LogP contribution in [0.2, 0.25) is 0 Å². The minimum Gasteiger partial charge on any atom is -0.299 e. The first-order valence-electron chi connectivity index (χ1n) is 7.53. The van der Waals surface area contributed by atoms with E-state index in [0.29, 0.717) is 24.4 Å². The lowest BCUT2D eigenvalue weighted by Gasteiger charge is -2.06. The molecule has 0 saturated heterocycles. The van der Waals surface area contributed by atoms with Crippen LogP contribution in [0.4, 0.5) is 0 Å². The maximum atomic E-state index is 11.6. The molecule has 0 radical (unpaired) electrons. The van der Waals surface area contributed by atoms with Gasteiger partial charge in [-0.1, -0.05) is 52.0 Å². The van der Waals surface area contributed by atoms with E-state index in [1.807, 2.05) is 27.7 Å². The van der Waals surface area contributed by atoms with Crippen LogP contribution in [0.5, 0.6) is 0 Å². The van der Waals surface area contributed by atoms with E-state index in [2.05, 4.69) is 24.3 Å². The monoisotopic (exact) mass is 274 g/mol. The quantitative estimate of drug-likeness (QED) is 0.718. The molecule has 0 unspecified atom stereocenters. The average molecular weight is 274 g/mol. The van der Waals surface area contributed by atoms with Gasteiger partial charge in [-0.05, 0) is 24.0 Å². The van der Waals surface area contributed by atoms with Gasteiger partial charge in [-0.3, -0.25) is 9.59 Å². The summed E-state index contributed by atoms with van der Waals surface area (Å²) in [5.41, 5.74) is 2.39. The lowest BCUT2D eigenvalue weighted by molar-refractivity contribution is -0.122. The first kappa shape index (κ1) is 16.6. The van der Waals surface area contributed by atoms with Gasteiger partial charge in [0.25, 0.3) is 0 Å². The fraction of sp³-hybridized carbons (Fsp3) is 0.556. The van der Waals surface area contributed by atoms with Gasteiger partial charge in [-0.15, -0.1) is 0 Å². The average Bonchev–Trinajstić information content (AvgIpc) is 2.42. The Hall–Kier alpha value is -1.44. The molecule has 0 aliphatic heterocycles. The Morgan fingerprint density at radius 3 is 1.30 bits per heavy atom. The predicted octanol–water partition coefficient (Wildman–Crippen LogP) is 4.00. The third-order valence-electron chi connectivity index (χ3n) is 3.63. The highest BCUT2D eigenvalue weighted by Crippen LogP contribution is 2.11. The Morgan fingerprint density at radius 1 is 0.750 bits per heavy atom. The zero-order valence-corrected chi connectivity index (χ0v) is 13.1. The van der Waals surface area contributed by atoms with E-state index in [4.69, 9.17) is 0 Å². The highest BCUT2D eigenvalue weighted by Gasteiger charge is 2.08. The minimum atomic E-state index is 0.122. The van der Waals surface area contributed by atoms with Crippen molar-refractivity contribution in [3.05, 3.63) is 35.4 Å². The van der Waals surface area contributed by atoms with Crippen LogP contribution in [0.3, 0.4) is 0 Å². The highest BCUT2D eigenvalue weighted by atomic mass is 16.1. The zero-order chi connectivity index (χ0) is 15.1. The molecule has 0 spiro atoms. The smallest absolute Gasteiger partial charge is 0.135 e. The minimum absolute atomic E-state index is 0.122. The van der Waals surface area contributed by atoms with Crippen LogP contribution in [0, 0.1) is 11.8 Å². The first-order valence-corrected chi connectivity index (χ1v) is 7.53. The summed E-state index contributed by atoms with van der Waals surface area (Å²) in [6, 6.07) is 8.29. The summed E-state index contributed by atoms with van der Waals surface area (Å²) in [6.07, 6.45) is 2.84. The molecule has 2 heteroatoms. The maximum absolute atomic E-state index is 11.6. The van der Waals surface area contributed by atoms with Crippen LogP contribution in [0.15, 0.2) is 24.3 Å². The van der Waals surface area contributed by atoms with E-state index in [-0.39, 0.29) is 11.8 Å². The van der Waals surface area contributed by atoms with Crippen LogP contribution in [0.1, 0.15) is 51.7 Å². The lowest BCUT2D eigenvalue weighted by atomic mass is 9.98.